The van der Waals surface area contributed by atoms with Gasteiger partial charge in [0.1, 0.15) is 29.2 Å². The van der Waals surface area contributed by atoms with Crippen molar-refractivity contribution in [2.45, 2.75) is 56.8 Å². The van der Waals surface area contributed by atoms with E-state index in [1.54, 1.807) is 32.0 Å². The number of hydrogen-bond donors (Lipinski definition) is 3. The Bertz CT molecular complexity index is 1330. The summed E-state index contributed by atoms with van der Waals surface area (Å²) in [5, 5.41) is 8.42. The molecule has 0 spiro atoms. The lowest BCUT2D eigenvalue weighted by Crippen LogP contribution is -2.57. The Balaban J connectivity index is 1.50. The molecule has 2 aliphatic rings. The summed E-state index contributed by atoms with van der Waals surface area (Å²) < 4.78 is 21.6. The fourth-order valence-electron chi connectivity index (χ4n) is 5.18. The summed E-state index contributed by atoms with van der Waals surface area (Å²) >= 11 is 0. The van der Waals surface area contributed by atoms with Crippen LogP contribution in [0.1, 0.15) is 31.4 Å². The molecule has 3 amide bonds. The van der Waals surface area contributed by atoms with E-state index in [9.17, 15) is 19.2 Å². The maximum absolute atomic E-state index is 13.9. The number of hydrogen-bond acceptors (Lipinski definition) is 9. The Morgan fingerprint density at radius 2 is 1.62 bits per heavy atom. The number of benzene rings is 2. The monoisotopic (exact) mass is 624 g/mol. The van der Waals surface area contributed by atoms with E-state index >= 15 is 0 Å². The van der Waals surface area contributed by atoms with Gasteiger partial charge in [0.15, 0.2) is 5.78 Å². The van der Waals surface area contributed by atoms with Crippen molar-refractivity contribution in [3.63, 3.8) is 0 Å². The van der Waals surface area contributed by atoms with Gasteiger partial charge in [-0.3, -0.25) is 24.1 Å². The highest BCUT2D eigenvalue weighted by molar-refractivity contribution is 5.98. The lowest BCUT2D eigenvalue weighted by Gasteiger charge is -2.27. The van der Waals surface area contributed by atoms with Crippen LogP contribution in [0.4, 0.5) is 0 Å². The van der Waals surface area contributed by atoms with Crippen molar-refractivity contribution in [1.82, 2.24) is 20.9 Å². The predicted molar refractivity (Wildman–Crippen MR) is 166 cm³/mol. The summed E-state index contributed by atoms with van der Waals surface area (Å²) in [5.74, 6) is -0.555. The molecular formula is C33H44N4O8. The first-order valence-electron chi connectivity index (χ1n) is 15.2. The minimum atomic E-state index is -1.08. The first-order valence-corrected chi connectivity index (χ1v) is 15.2. The first kappa shape index (κ1) is 33.9. The van der Waals surface area contributed by atoms with Gasteiger partial charge in [-0.2, -0.15) is 0 Å². The summed E-state index contributed by atoms with van der Waals surface area (Å²) in [6.07, 6.45) is 0.976. The van der Waals surface area contributed by atoms with Crippen molar-refractivity contribution >= 4 is 23.5 Å². The second-order valence-electron chi connectivity index (χ2n) is 11.6. The van der Waals surface area contributed by atoms with Gasteiger partial charge in [0.25, 0.3) is 0 Å². The molecule has 3 N–H and O–H groups in total. The van der Waals surface area contributed by atoms with Crippen molar-refractivity contribution in [3.8, 4) is 11.5 Å². The molecule has 2 saturated heterocycles. The fraction of sp³-hybridized carbons (Fsp3) is 0.515. The highest BCUT2D eigenvalue weighted by atomic mass is 16.6. The topological polar surface area (TPSA) is 148 Å². The van der Waals surface area contributed by atoms with Gasteiger partial charge < -0.3 is 34.9 Å². The van der Waals surface area contributed by atoms with Crippen molar-refractivity contribution in [2.75, 3.05) is 53.7 Å². The van der Waals surface area contributed by atoms with Crippen molar-refractivity contribution in [3.05, 3.63) is 59.7 Å². The van der Waals surface area contributed by atoms with Crippen LogP contribution >= 0.6 is 0 Å². The van der Waals surface area contributed by atoms with Crippen LogP contribution in [-0.4, -0.2) is 106 Å². The van der Waals surface area contributed by atoms with Crippen molar-refractivity contribution in [1.29, 1.82) is 0 Å². The number of morpholine rings is 1. The zero-order chi connectivity index (χ0) is 32.4. The van der Waals surface area contributed by atoms with Crippen molar-refractivity contribution in [2.24, 2.45) is 0 Å². The van der Waals surface area contributed by atoms with Crippen LogP contribution in [0.15, 0.2) is 48.5 Å². The van der Waals surface area contributed by atoms with E-state index in [0.717, 1.165) is 5.56 Å². The molecule has 45 heavy (non-hydrogen) atoms. The molecule has 2 heterocycles. The third-order valence-electron chi connectivity index (χ3n) is 8.09. The van der Waals surface area contributed by atoms with E-state index < -0.39 is 35.5 Å². The molecule has 0 unspecified atom stereocenters. The Morgan fingerprint density at radius 1 is 0.933 bits per heavy atom. The normalized spacial score (nSPS) is 19.8. The van der Waals surface area contributed by atoms with E-state index in [2.05, 4.69) is 16.0 Å². The highest BCUT2D eigenvalue weighted by Crippen LogP contribution is 2.30. The van der Waals surface area contributed by atoms with Gasteiger partial charge in [-0.05, 0) is 43.9 Å². The lowest BCUT2D eigenvalue weighted by molar-refractivity contribution is -0.134. The molecule has 12 nitrogen and oxygen atoms in total. The number of aryl methyl sites for hydroxylation is 1. The van der Waals surface area contributed by atoms with Crippen LogP contribution in [0.5, 0.6) is 11.5 Å². The third kappa shape index (κ3) is 9.74. The molecule has 2 aromatic rings. The maximum Gasteiger partial charge on any atom is 0.243 e. The fourth-order valence-corrected chi connectivity index (χ4v) is 5.18. The molecule has 12 heteroatoms. The van der Waals surface area contributed by atoms with Crippen LogP contribution in [0.25, 0.3) is 0 Å². The molecule has 2 aromatic carbocycles. The van der Waals surface area contributed by atoms with Gasteiger partial charge in [0, 0.05) is 25.6 Å². The van der Waals surface area contributed by atoms with Gasteiger partial charge in [-0.1, -0.05) is 36.4 Å². The van der Waals surface area contributed by atoms with E-state index in [1.165, 1.54) is 14.2 Å². The predicted octanol–water partition coefficient (Wildman–Crippen LogP) is 1.04. The smallest absolute Gasteiger partial charge is 0.243 e. The van der Waals surface area contributed by atoms with E-state index in [1.807, 2.05) is 35.2 Å². The van der Waals surface area contributed by atoms with Crippen LogP contribution < -0.4 is 25.4 Å². The number of ether oxygens (including phenoxy) is 4. The van der Waals surface area contributed by atoms with Crippen LogP contribution in [0.2, 0.25) is 0 Å². The average Bonchev–Trinajstić information content (AvgIpc) is 3.81. The SMILES string of the molecule is COc1ccc(C[C@H](NC(=O)[C@H](C)NC(=O)CN2CCOCC2)C(=O)N[C@@H](CCc2ccccc2)C(=O)[C@@]2(C)CO2)c(OC)c1. The minimum Gasteiger partial charge on any atom is -0.497 e. The number of amides is 3. The molecular weight excluding hydrogens is 580 g/mol. The Kier molecular flexibility index (Phi) is 11.9. The van der Waals surface area contributed by atoms with Crippen LogP contribution in [0.3, 0.4) is 0 Å². The molecule has 0 bridgehead atoms. The summed E-state index contributed by atoms with van der Waals surface area (Å²) in [4.78, 5) is 55.3. The van der Waals surface area contributed by atoms with Crippen LogP contribution in [0, 0.1) is 0 Å². The number of nitrogens with zero attached hydrogens (tertiary/aromatic N) is 1. The molecule has 0 saturated carbocycles. The first-order chi connectivity index (χ1) is 21.6. The number of carbonyl (C=O) groups is 4. The zero-order valence-electron chi connectivity index (χ0n) is 26.4. The van der Waals surface area contributed by atoms with E-state index in [4.69, 9.17) is 18.9 Å². The summed E-state index contributed by atoms with van der Waals surface area (Å²) in [5.41, 5.74) is 0.722. The third-order valence-corrected chi connectivity index (χ3v) is 8.09. The molecule has 0 aliphatic carbocycles. The Morgan fingerprint density at radius 3 is 2.27 bits per heavy atom. The molecule has 2 fully saturated rings. The second-order valence-corrected chi connectivity index (χ2v) is 11.6. The number of Topliss-reactive ketones (excluding diaryl/α,β-unsaturated/α-hetero) is 1. The summed E-state index contributed by atoms with van der Waals surface area (Å²) in [7, 11) is 3.04. The zero-order valence-corrected chi connectivity index (χ0v) is 26.4. The van der Waals surface area contributed by atoms with Crippen LogP contribution in [-0.2, 0) is 41.5 Å². The number of nitrogens with one attached hydrogen (secondary N) is 3. The van der Waals surface area contributed by atoms with E-state index in [0.29, 0.717) is 56.2 Å². The number of epoxide rings is 1. The standard InChI is InChI=1S/C33H44N4O8/c1-22(34-29(38)20-37-14-16-44-17-15-37)31(40)36-27(18-24-11-12-25(42-3)19-28(24)43-4)32(41)35-26(30(39)33(2)21-45-33)13-10-23-8-6-5-7-9-23/h5-9,11-12,19,22,26-27H,10,13-18,20-21H2,1-4H3,(H,34,38)(H,35,41)(H,36,40)/t22-,26-,27-,33+/m0/s1. The molecule has 0 aromatic heterocycles. The molecule has 244 valence electrons. The number of carbonyl (C=O) groups excluding carboxylic acids is 4. The number of rotatable bonds is 16. The van der Waals surface area contributed by atoms with Gasteiger partial charge >= 0.3 is 0 Å². The number of ketones is 1. The van der Waals surface area contributed by atoms with Gasteiger partial charge in [-0.15, -0.1) is 0 Å². The van der Waals surface area contributed by atoms with Gasteiger partial charge in [0.2, 0.25) is 17.7 Å². The molecule has 4 rings (SSSR count). The Labute approximate surface area is 264 Å². The summed E-state index contributed by atoms with van der Waals surface area (Å²) in [6, 6.07) is 12.0. The number of methoxy groups -OCH3 is 2. The quantitative estimate of drug-likeness (QED) is 0.233. The molecule has 2 aliphatic heterocycles. The van der Waals surface area contributed by atoms with Crippen molar-refractivity contribution < 1.29 is 38.1 Å². The van der Waals surface area contributed by atoms with Gasteiger partial charge in [0.05, 0.1) is 46.6 Å². The maximum atomic E-state index is 13.9. The molecule has 4 atom stereocenters. The lowest BCUT2D eigenvalue weighted by atomic mass is 9.94. The molecule has 0 radical (unpaired) electrons. The Hall–Kier alpha value is -4.00. The second kappa shape index (κ2) is 15.8. The average molecular weight is 625 g/mol. The minimum absolute atomic E-state index is 0.0621. The van der Waals surface area contributed by atoms with Gasteiger partial charge in [-0.25, -0.2) is 0 Å². The highest BCUT2D eigenvalue weighted by Gasteiger charge is 2.50. The van der Waals surface area contributed by atoms with E-state index in [-0.39, 0.29) is 31.3 Å². The summed E-state index contributed by atoms with van der Waals surface area (Å²) in [6.45, 7) is 6.06. The largest absolute Gasteiger partial charge is 0.497 e.